The Bertz CT molecular complexity index is 412. The number of hydrogen-bond donors (Lipinski definition) is 0. The van der Waals surface area contributed by atoms with E-state index in [4.69, 9.17) is 10.00 Å². The molecule has 0 heterocycles. The van der Waals surface area contributed by atoms with Gasteiger partial charge in [0.1, 0.15) is 5.82 Å². The van der Waals surface area contributed by atoms with Crippen LogP contribution in [0, 0.1) is 17.1 Å². The summed E-state index contributed by atoms with van der Waals surface area (Å²) in [7, 11) is 0. The zero-order chi connectivity index (χ0) is 12.0. The van der Waals surface area contributed by atoms with Crippen LogP contribution in [0.3, 0.4) is 0 Å². The van der Waals surface area contributed by atoms with Crippen LogP contribution in [0.5, 0.6) is 0 Å². The Kier molecular flexibility index (Phi) is 4.46. The summed E-state index contributed by atoms with van der Waals surface area (Å²) in [5.41, 5.74) is 0.472. The van der Waals surface area contributed by atoms with E-state index in [-0.39, 0.29) is 13.0 Å². The minimum atomic E-state index is -0.708. The summed E-state index contributed by atoms with van der Waals surface area (Å²) in [6.07, 6.45) is -0.0116. The topological polar surface area (TPSA) is 50.1 Å². The summed E-state index contributed by atoms with van der Waals surface area (Å²) >= 11 is 0. The lowest BCUT2D eigenvalue weighted by Crippen LogP contribution is -2.15. The van der Waals surface area contributed by atoms with Crippen molar-refractivity contribution in [1.82, 2.24) is 0 Å². The molecule has 3 nitrogen and oxygen atoms in total. The molecule has 1 aromatic rings. The molecular formula is C12H12FNO2. The maximum absolute atomic E-state index is 13.0. The van der Waals surface area contributed by atoms with Crippen molar-refractivity contribution in [2.24, 2.45) is 0 Å². The van der Waals surface area contributed by atoms with E-state index in [9.17, 15) is 9.18 Å². The first-order valence-electron chi connectivity index (χ1n) is 4.98. The number of nitrogens with zero attached hydrogens (tertiary/aromatic N) is 1. The summed E-state index contributed by atoms with van der Waals surface area (Å²) in [5, 5.41) is 8.63. The predicted octanol–water partition coefficient (Wildman–Crippen LogP) is 2.39. The van der Waals surface area contributed by atoms with Crippen LogP contribution < -0.4 is 0 Å². The largest absolute Gasteiger partial charge is 0.465 e. The van der Waals surface area contributed by atoms with E-state index in [2.05, 4.69) is 0 Å². The van der Waals surface area contributed by atoms with Gasteiger partial charge in [0, 0.05) is 0 Å². The number of nitriles is 1. The van der Waals surface area contributed by atoms with Gasteiger partial charge >= 0.3 is 5.97 Å². The molecule has 0 radical (unpaired) electrons. The average molecular weight is 221 g/mol. The van der Waals surface area contributed by atoms with Crippen LogP contribution in [-0.4, -0.2) is 12.6 Å². The molecule has 16 heavy (non-hydrogen) atoms. The fourth-order valence-electron chi connectivity index (χ4n) is 1.39. The number of hydrogen-bond acceptors (Lipinski definition) is 3. The van der Waals surface area contributed by atoms with Crippen molar-refractivity contribution < 1.29 is 13.9 Å². The molecule has 0 bridgehead atoms. The quantitative estimate of drug-likeness (QED) is 0.733. The third kappa shape index (κ3) is 3.06. The van der Waals surface area contributed by atoms with Gasteiger partial charge in [0.25, 0.3) is 0 Å². The molecule has 0 fully saturated rings. The Labute approximate surface area is 93.5 Å². The number of rotatable bonds is 4. The molecule has 0 N–H and O–H groups in total. The number of esters is 1. The van der Waals surface area contributed by atoms with Crippen molar-refractivity contribution in [1.29, 1.82) is 5.26 Å². The van der Waals surface area contributed by atoms with Crippen molar-refractivity contribution >= 4 is 5.97 Å². The lowest BCUT2D eigenvalue weighted by atomic mass is 9.96. The fraction of sp³-hybridized carbons (Fsp3) is 0.333. The van der Waals surface area contributed by atoms with Crippen LogP contribution >= 0.6 is 0 Å². The average Bonchev–Trinajstić information content (AvgIpc) is 2.26. The third-order valence-electron chi connectivity index (χ3n) is 2.12. The molecule has 1 aromatic carbocycles. The Hall–Kier alpha value is -1.89. The standard InChI is InChI=1S/C12H12FNO2/c1-2-16-12(15)11(6-7-14)9-4-3-5-10(13)8-9/h3-5,8,11H,2,6H2,1H3. The van der Waals surface area contributed by atoms with E-state index in [1.54, 1.807) is 13.0 Å². The molecular weight excluding hydrogens is 209 g/mol. The zero-order valence-electron chi connectivity index (χ0n) is 8.94. The van der Waals surface area contributed by atoms with E-state index < -0.39 is 17.7 Å². The van der Waals surface area contributed by atoms with Gasteiger partial charge in [0.15, 0.2) is 0 Å². The third-order valence-corrected chi connectivity index (χ3v) is 2.12. The van der Waals surface area contributed by atoms with Crippen LogP contribution in [-0.2, 0) is 9.53 Å². The van der Waals surface area contributed by atoms with Crippen molar-refractivity contribution in [2.75, 3.05) is 6.61 Å². The van der Waals surface area contributed by atoms with Gasteiger partial charge < -0.3 is 4.74 Å². The second kappa shape index (κ2) is 5.86. The van der Waals surface area contributed by atoms with E-state index in [0.29, 0.717) is 5.56 Å². The summed E-state index contributed by atoms with van der Waals surface area (Å²) in [6.45, 7) is 1.93. The fourth-order valence-corrected chi connectivity index (χ4v) is 1.39. The van der Waals surface area contributed by atoms with Crippen LogP contribution in [0.4, 0.5) is 4.39 Å². The molecule has 0 aliphatic rings. The predicted molar refractivity (Wildman–Crippen MR) is 56.0 cm³/mol. The van der Waals surface area contributed by atoms with E-state index >= 15 is 0 Å². The van der Waals surface area contributed by atoms with Crippen LogP contribution in [0.2, 0.25) is 0 Å². The Morgan fingerprint density at radius 3 is 2.94 bits per heavy atom. The van der Waals surface area contributed by atoms with Gasteiger partial charge in [-0.3, -0.25) is 4.79 Å². The van der Waals surface area contributed by atoms with Crippen molar-refractivity contribution in [3.05, 3.63) is 35.6 Å². The minimum Gasteiger partial charge on any atom is -0.465 e. The highest BCUT2D eigenvalue weighted by Gasteiger charge is 2.21. The zero-order valence-corrected chi connectivity index (χ0v) is 8.94. The number of ether oxygens (including phenoxy) is 1. The second-order valence-electron chi connectivity index (χ2n) is 3.22. The van der Waals surface area contributed by atoms with Gasteiger partial charge in [-0.2, -0.15) is 5.26 Å². The molecule has 0 spiro atoms. The van der Waals surface area contributed by atoms with Crippen molar-refractivity contribution in [3.63, 3.8) is 0 Å². The second-order valence-corrected chi connectivity index (χ2v) is 3.22. The van der Waals surface area contributed by atoms with Gasteiger partial charge in [0.05, 0.1) is 25.0 Å². The highest BCUT2D eigenvalue weighted by atomic mass is 19.1. The molecule has 1 unspecified atom stereocenters. The smallest absolute Gasteiger partial charge is 0.314 e. The van der Waals surface area contributed by atoms with E-state index in [0.717, 1.165) is 0 Å². The molecule has 0 amide bonds. The summed E-state index contributed by atoms with van der Waals surface area (Å²) < 4.78 is 17.8. The highest BCUT2D eigenvalue weighted by Crippen LogP contribution is 2.21. The number of halogens is 1. The van der Waals surface area contributed by atoms with E-state index in [1.807, 2.05) is 6.07 Å². The monoisotopic (exact) mass is 221 g/mol. The molecule has 4 heteroatoms. The molecule has 84 valence electrons. The molecule has 0 aliphatic carbocycles. The maximum atomic E-state index is 13.0. The SMILES string of the molecule is CCOC(=O)C(CC#N)c1cccc(F)c1. The minimum absolute atomic E-state index is 0.0116. The number of carbonyl (C=O) groups is 1. The Morgan fingerprint density at radius 1 is 1.62 bits per heavy atom. The lowest BCUT2D eigenvalue weighted by Gasteiger charge is -2.12. The molecule has 1 rings (SSSR count). The first kappa shape index (κ1) is 12.2. The van der Waals surface area contributed by atoms with Gasteiger partial charge in [-0.15, -0.1) is 0 Å². The Morgan fingerprint density at radius 2 is 2.38 bits per heavy atom. The summed E-state index contributed by atoms with van der Waals surface area (Å²) in [4.78, 5) is 11.5. The summed E-state index contributed by atoms with van der Waals surface area (Å²) in [6, 6.07) is 7.56. The van der Waals surface area contributed by atoms with Crippen LogP contribution in [0.25, 0.3) is 0 Å². The molecule has 0 saturated carbocycles. The van der Waals surface area contributed by atoms with Crippen LogP contribution in [0.15, 0.2) is 24.3 Å². The lowest BCUT2D eigenvalue weighted by molar-refractivity contribution is -0.144. The van der Waals surface area contributed by atoms with Gasteiger partial charge in [0.2, 0.25) is 0 Å². The number of carbonyl (C=O) groups excluding carboxylic acids is 1. The molecule has 1 atom stereocenters. The number of benzene rings is 1. The van der Waals surface area contributed by atoms with Gasteiger partial charge in [-0.1, -0.05) is 12.1 Å². The first-order valence-corrected chi connectivity index (χ1v) is 4.98. The van der Waals surface area contributed by atoms with Crippen LogP contribution in [0.1, 0.15) is 24.8 Å². The van der Waals surface area contributed by atoms with Crippen molar-refractivity contribution in [3.8, 4) is 6.07 Å². The molecule has 0 saturated heterocycles. The normalized spacial score (nSPS) is 11.6. The van der Waals surface area contributed by atoms with Crippen molar-refractivity contribution in [2.45, 2.75) is 19.3 Å². The highest BCUT2D eigenvalue weighted by molar-refractivity contribution is 5.78. The molecule has 0 aliphatic heterocycles. The van der Waals surface area contributed by atoms with Gasteiger partial charge in [-0.25, -0.2) is 4.39 Å². The first-order chi connectivity index (χ1) is 7.69. The van der Waals surface area contributed by atoms with E-state index in [1.165, 1.54) is 18.2 Å². The maximum Gasteiger partial charge on any atom is 0.314 e. The molecule has 0 aromatic heterocycles. The summed E-state index contributed by atoms with van der Waals surface area (Å²) in [5.74, 6) is -1.62. The van der Waals surface area contributed by atoms with Gasteiger partial charge in [-0.05, 0) is 24.6 Å². The Balaban J connectivity index is 2.94.